The number of nitrogen functional groups attached to an aromatic ring is 2. The zero-order valence-electron chi connectivity index (χ0n) is 12.3. The molecule has 0 saturated heterocycles. The summed E-state index contributed by atoms with van der Waals surface area (Å²) in [5.41, 5.74) is 14.7. The Morgan fingerprint density at radius 3 is 2.22 bits per heavy atom. The van der Waals surface area contributed by atoms with Crippen molar-refractivity contribution in [2.24, 2.45) is 0 Å². The summed E-state index contributed by atoms with van der Waals surface area (Å²) in [6, 6.07) is 15.8. The molecule has 0 amide bonds. The van der Waals surface area contributed by atoms with Gasteiger partial charge in [0.1, 0.15) is 11.6 Å². The summed E-state index contributed by atoms with van der Waals surface area (Å²) >= 11 is 0. The second-order valence-corrected chi connectivity index (χ2v) is 4.98. The predicted octanol–water partition coefficient (Wildman–Crippen LogP) is 3.62. The zero-order valence-corrected chi connectivity index (χ0v) is 12.3. The van der Waals surface area contributed by atoms with Gasteiger partial charge in [0.25, 0.3) is 0 Å². The van der Waals surface area contributed by atoms with Gasteiger partial charge >= 0.3 is 0 Å². The Kier molecular flexibility index (Phi) is 4.01. The molecule has 3 aromatic rings. The van der Waals surface area contributed by atoms with Crippen LogP contribution in [-0.4, -0.2) is 9.97 Å². The normalized spacial score (nSPS) is 11.0. The molecule has 5 heteroatoms. The highest BCUT2D eigenvalue weighted by molar-refractivity contribution is 5.85. The van der Waals surface area contributed by atoms with Crippen LogP contribution in [-0.2, 0) is 0 Å². The van der Waals surface area contributed by atoms with Crippen molar-refractivity contribution >= 4 is 23.9 Å². The van der Waals surface area contributed by atoms with Crippen molar-refractivity contribution in [3.8, 4) is 11.1 Å². The topological polar surface area (TPSA) is 77.8 Å². The van der Waals surface area contributed by atoms with Crippen LogP contribution in [0.2, 0.25) is 0 Å². The third kappa shape index (κ3) is 3.35. The summed E-state index contributed by atoms with van der Waals surface area (Å²) in [5.74, 6) is 0.0444. The van der Waals surface area contributed by atoms with E-state index in [1.807, 2.05) is 42.5 Å². The van der Waals surface area contributed by atoms with Crippen LogP contribution in [0.5, 0.6) is 0 Å². The van der Waals surface area contributed by atoms with Gasteiger partial charge in [-0.15, -0.1) is 0 Å². The van der Waals surface area contributed by atoms with Crippen molar-refractivity contribution in [2.75, 3.05) is 11.5 Å². The standard InChI is InChI=1S/C18H15FN4/c19-14-9-7-13(8-10-14)16-15(22-18(21)23-17(16)20)11-6-12-4-2-1-3-5-12/h1-11H,(H4,20,21,22,23). The molecular weight excluding hydrogens is 291 g/mol. The maximum atomic E-state index is 13.1. The highest BCUT2D eigenvalue weighted by Crippen LogP contribution is 2.29. The van der Waals surface area contributed by atoms with Crippen LogP contribution in [0.3, 0.4) is 0 Å². The Balaban J connectivity index is 2.08. The van der Waals surface area contributed by atoms with Gasteiger partial charge in [0.05, 0.1) is 5.69 Å². The van der Waals surface area contributed by atoms with Crippen LogP contribution < -0.4 is 11.5 Å². The molecule has 0 atom stereocenters. The van der Waals surface area contributed by atoms with Gasteiger partial charge < -0.3 is 11.5 Å². The first kappa shape index (κ1) is 14.7. The van der Waals surface area contributed by atoms with E-state index in [0.717, 1.165) is 11.1 Å². The van der Waals surface area contributed by atoms with Crippen molar-refractivity contribution in [1.29, 1.82) is 0 Å². The van der Waals surface area contributed by atoms with Crippen molar-refractivity contribution < 1.29 is 4.39 Å². The van der Waals surface area contributed by atoms with Crippen LogP contribution in [0.4, 0.5) is 16.2 Å². The van der Waals surface area contributed by atoms with E-state index < -0.39 is 0 Å². The van der Waals surface area contributed by atoms with Gasteiger partial charge in [0.15, 0.2) is 0 Å². The Morgan fingerprint density at radius 1 is 0.826 bits per heavy atom. The number of aromatic nitrogens is 2. The minimum absolute atomic E-state index is 0.0982. The van der Waals surface area contributed by atoms with Crippen LogP contribution >= 0.6 is 0 Å². The lowest BCUT2D eigenvalue weighted by Gasteiger charge is -2.09. The number of hydrogen-bond donors (Lipinski definition) is 2. The van der Waals surface area contributed by atoms with E-state index in [1.165, 1.54) is 12.1 Å². The number of benzene rings is 2. The molecule has 0 spiro atoms. The third-order valence-corrected chi connectivity index (χ3v) is 3.35. The third-order valence-electron chi connectivity index (χ3n) is 3.35. The summed E-state index contributed by atoms with van der Waals surface area (Å²) in [5, 5.41) is 0. The SMILES string of the molecule is Nc1nc(N)c(-c2ccc(F)cc2)c(C=Cc2ccccc2)n1. The summed E-state index contributed by atoms with van der Waals surface area (Å²) in [4.78, 5) is 8.26. The molecule has 0 bridgehead atoms. The molecule has 0 radical (unpaired) electrons. The first-order valence-electron chi connectivity index (χ1n) is 7.05. The molecule has 0 saturated carbocycles. The average Bonchev–Trinajstić information content (AvgIpc) is 2.55. The summed E-state index contributed by atoms with van der Waals surface area (Å²) < 4.78 is 13.1. The molecule has 4 N–H and O–H groups in total. The van der Waals surface area contributed by atoms with Crippen LogP contribution in [0.1, 0.15) is 11.3 Å². The van der Waals surface area contributed by atoms with Gasteiger partial charge in [-0.1, -0.05) is 48.5 Å². The largest absolute Gasteiger partial charge is 0.383 e. The molecule has 2 aromatic carbocycles. The van der Waals surface area contributed by atoms with E-state index >= 15 is 0 Å². The molecule has 0 aliphatic carbocycles. The quantitative estimate of drug-likeness (QED) is 0.774. The van der Waals surface area contributed by atoms with Crippen LogP contribution in [0, 0.1) is 5.82 Å². The van der Waals surface area contributed by atoms with E-state index in [1.54, 1.807) is 12.1 Å². The number of rotatable bonds is 3. The molecular formula is C18H15FN4. The Morgan fingerprint density at radius 2 is 1.52 bits per heavy atom. The van der Waals surface area contributed by atoms with Crippen LogP contribution in [0.15, 0.2) is 54.6 Å². The van der Waals surface area contributed by atoms with Gasteiger partial charge in [0, 0.05) is 5.56 Å². The minimum atomic E-state index is -0.315. The molecule has 1 aromatic heterocycles. The Labute approximate surface area is 133 Å². The summed E-state index contributed by atoms with van der Waals surface area (Å²) in [6.45, 7) is 0. The van der Waals surface area contributed by atoms with Crippen molar-refractivity contribution in [3.63, 3.8) is 0 Å². The number of hydrogen-bond acceptors (Lipinski definition) is 4. The van der Waals surface area contributed by atoms with E-state index in [-0.39, 0.29) is 17.6 Å². The molecule has 0 unspecified atom stereocenters. The fraction of sp³-hybridized carbons (Fsp3) is 0. The van der Waals surface area contributed by atoms with E-state index in [9.17, 15) is 4.39 Å². The smallest absolute Gasteiger partial charge is 0.222 e. The van der Waals surface area contributed by atoms with E-state index in [2.05, 4.69) is 9.97 Å². The first-order chi connectivity index (χ1) is 11.1. The molecule has 114 valence electrons. The Hall–Kier alpha value is -3.21. The monoisotopic (exact) mass is 306 g/mol. The molecule has 0 aliphatic heterocycles. The maximum absolute atomic E-state index is 13.1. The highest BCUT2D eigenvalue weighted by Gasteiger charge is 2.12. The molecule has 0 fully saturated rings. The van der Waals surface area contributed by atoms with E-state index in [4.69, 9.17) is 11.5 Å². The number of halogens is 1. The molecule has 0 aliphatic rings. The summed E-state index contributed by atoms with van der Waals surface area (Å²) in [7, 11) is 0. The van der Waals surface area contributed by atoms with Gasteiger partial charge in [-0.25, -0.2) is 9.37 Å². The second kappa shape index (κ2) is 6.27. The second-order valence-electron chi connectivity index (χ2n) is 4.98. The van der Waals surface area contributed by atoms with E-state index in [0.29, 0.717) is 11.3 Å². The van der Waals surface area contributed by atoms with Gasteiger partial charge in [-0.2, -0.15) is 4.98 Å². The molecule has 23 heavy (non-hydrogen) atoms. The van der Waals surface area contributed by atoms with Crippen LogP contribution in [0.25, 0.3) is 23.3 Å². The number of nitrogens with two attached hydrogens (primary N) is 2. The number of nitrogens with zero attached hydrogens (tertiary/aromatic N) is 2. The van der Waals surface area contributed by atoms with Gasteiger partial charge in [-0.05, 0) is 29.3 Å². The summed E-state index contributed by atoms with van der Waals surface area (Å²) in [6.07, 6.45) is 3.73. The van der Waals surface area contributed by atoms with Crippen molar-refractivity contribution in [3.05, 3.63) is 71.7 Å². The molecule has 1 heterocycles. The number of anilines is 2. The highest BCUT2D eigenvalue weighted by atomic mass is 19.1. The first-order valence-corrected chi connectivity index (χ1v) is 7.05. The average molecular weight is 306 g/mol. The molecule has 4 nitrogen and oxygen atoms in total. The lowest BCUT2D eigenvalue weighted by molar-refractivity contribution is 0.628. The Bertz CT molecular complexity index is 843. The maximum Gasteiger partial charge on any atom is 0.222 e. The zero-order chi connectivity index (χ0) is 16.2. The van der Waals surface area contributed by atoms with Crippen molar-refractivity contribution in [1.82, 2.24) is 9.97 Å². The lowest BCUT2D eigenvalue weighted by atomic mass is 10.0. The fourth-order valence-corrected chi connectivity index (χ4v) is 2.29. The fourth-order valence-electron chi connectivity index (χ4n) is 2.29. The van der Waals surface area contributed by atoms with Gasteiger partial charge in [-0.3, -0.25) is 0 Å². The van der Waals surface area contributed by atoms with Gasteiger partial charge in [0.2, 0.25) is 5.95 Å². The molecule has 3 rings (SSSR count). The predicted molar refractivity (Wildman–Crippen MR) is 91.6 cm³/mol. The minimum Gasteiger partial charge on any atom is -0.383 e. The lowest BCUT2D eigenvalue weighted by Crippen LogP contribution is -2.04. The van der Waals surface area contributed by atoms with Crippen molar-refractivity contribution in [2.45, 2.75) is 0 Å².